The zero-order valence-electron chi connectivity index (χ0n) is 13.2. The number of ether oxygens (including phenoxy) is 1. The molecule has 3 aromatic rings. The molecule has 2 heterocycles. The highest BCUT2D eigenvalue weighted by Gasteiger charge is 2.15. The molecular formula is C17H21N3OS. The van der Waals surface area contributed by atoms with Crippen molar-refractivity contribution in [2.45, 2.75) is 33.3 Å². The molecule has 3 rings (SSSR count). The van der Waals surface area contributed by atoms with Crippen molar-refractivity contribution in [2.75, 3.05) is 6.54 Å². The molecule has 22 heavy (non-hydrogen) atoms. The normalized spacial score (nSPS) is 11.5. The molecule has 0 saturated carbocycles. The molecule has 4 nitrogen and oxygen atoms in total. The fourth-order valence-electron chi connectivity index (χ4n) is 2.64. The molecule has 5 heteroatoms. The lowest BCUT2D eigenvalue weighted by atomic mass is 10.1. The SMILES string of the molecule is Cc1sc2ncc(CCN)n2c1-c1ccc(OC(C)C)cc1. The molecule has 0 bridgehead atoms. The van der Waals surface area contributed by atoms with Crippen molar-refractivity contribution in [1.29, 1.82) is 0 Å². The summed E-state index contributed by atoms with van der Waals surface area (Å²) in [5.41, 5.74) is 9.27. The maximum absolute atomic E-state index is 5.72. The van der Waals surface area contributed by atoms with E-state index in [-0.39, 0.29) is 6.10 Å². The Morgan fingerprint density at radius 2 is 2.00 bits per heavy atom. The van der Waals surface area contributed by atoms with Crippen LogP contribution in [0.5, 0.6) is 5.75 Å². The third-order valence-corrected chi connectivity index (χ3v) is 4.47. The Kier molecular flexibility index (Phi) is 4.18. The Bertz CT molecular complexity index is 771. The summed E-state index contributed by atoms with van der Waals surface area (Å²) in [5, 5.41) is 0. The zero-order chi connectivity index (χ0) is 15.7. The van der Waals surface area contributed by atoms with Gasteiger partial charge < -0.3 is 10.5 Å². The van der Waals surface area contributed by atoms with E-state index in [1.807, 2.05) is 32.2 Å². The van der Waals surface area contributed by atoms with Crippen LogP contribution in [0.3, 0.4) is 0 Å². The monoisotopic (exact) mass is 315 g/mol. The minimum atomic E-state index is 0.185. The van der Waals surface area contributed by atoms with Gasteiger partial charge in [0.1, 0.15) is 5.75 Å². The van der Waals surface area contributed by atoms with Crippen LogP contribution in [0, 0.1) is 6.92 Å². The fourth-order valence-corrected chi connectivity index (χ4v) is 3.63. The third-order valence-electron chi connectivity index (χ3n) is 3.50. The molecule has 0 aliphatic carbocycles. The van der Waals surface area contributed by atoms with E-state index < -0.39 is 0 Å². The zero-order valence-corrected chi connectivity index (χ0v) is 14.0. The van der Waals surface area contributed by atoms with E-state index in [9.17, 15) is 0 Å². The van der Waals surface area contributed by atoms with Gasteiger partial charge in [-0.3, -0.25) is 4.40 Å². The number of imidazole rings is 1. The number of hydrogen-bond donors (Lipinski definition) is 1. The van der Waals surface area contributed by atoms with Crippen molar-refractivity contribution in [3.05, 3.63) is 41.0 Å². The summed E-state index contributed by atoms with van der Waals surface area (Å²) >= 11 is 1.71. The highest BCUT2D eigenvalue weighted by atomic mass is 32.1. The van der Waals surface area contributed by atoms with Gasteiger partial charge in [-0.2, -0.15) is 0 Å². The van der Waals surface area contributed by atoms with Gasteiger partial charge >= 0.3 is 0 Å². The Morgan fingerprint density at radius 1 is 1.27 bits per heavy atom. The van der Waals surface area contributed by atoms with E-state index in [0.29, 0.717) is 6.54 Å². The molecule has 0 fully saturated rings. The summed E-state index contributed by atoms with van der Waals surface area (Å²) in [6.07, 6.45) is 2.95. The number of rotatable bonds is 5. The van der Waals surface area contributed by atoms with Crippen LogP contribution in [-0.4, -0.2) is 22.0 Å². The van der Waals surface area contributed by atoms with Gasteiger partial charge in [-0.1, -0.05) is 0 Å². The van der Waals surface area contributed by atoms with Gasteiger partial charge in [0.05, 0.1) is 18.0 Å². The van der Waals surface area contributed by atoms with Gasteiger partial charge in [0.2, 0.25) is 0 Å². The van der Waals surface area contributed by atoms with Crippen molar-refractivity contribution >= 4 is 16.3 Å². The van der Waals surface area contributed by atoms with Crippen LogP contribution in [0.2, 0.25) is 0 Å². The van der Waals surface area contributed by atoms with Crippen LogP contribution in [0.15, 0.2) is 30.5 Å². The minimum absolute atomic E-state index is 0.185. The van der Waals surface area contributed by atoms with Gasteiger partial charge in [0.25, 0.3) is 0 Å². The first kappa shape index (κ1) is 15.1. The molecule has 0 amide bonds. The average molecular weight is 315 g/mol. The molecule has 0 unspecified atom stereocenters. The van der Waals surface area contributed by atoms with E-state index in [0.717, 1.165) is 17.1 Å². The number of aryl methyl sites for hydroxylation is 1. The number of thiazole rings is 1. The van der Waals surface area contributed by atoms with Gasteiger partial charge in [-0.15, -0.1) is 11.3 Å². The quantitative estimate of drug-likeness (QED) is 0.782. The Balaban J connectivity index is 2.05. The summed E-state index contributed by atoms with van der Waals surface area (Å²) in [7, 11) is 0. The number of aromatic nitrogens is 2. The molecule has 0 radical (unpaired) electrons. The second kappa shape index (κ2) is 6.10. The molecule has 2 N–H and O–H groups in total. The van der Waals surface area contributed by atoms with E-state index in [2.05, 4.69) is 28.4 Å². The second-order valence-electron chi connectivity index (χ2n) is 5.60. The first-order valence-corrected chi connectivity index (χ1v) is 8.34. The van der Waals surface area contributed by atoms with E-state index >= 15 is 0 Å². The molecule has 116 valence electrons. The van der Waals surface area contributed by atoms with E-state index in [1.165, 1.54) is 21.8 Å². The first-order valence-electron chi connectivity index (χ1n) is 7.53. The van der Waals surface area contributed by atoms with Crippen LogP contribution in [-0.2, 0) is 6.42 Å². The summed E-state index contributed by atoms with van der Waals surface area (Å²) < 4.78 is 7.95. The molecule has 0 saturated heterocycles. The van der Waals surface area contributed by atoms with Crippen LogP contribution < -0.4 is 10.5 Å². The maximum atomic E-state index is 5.72. The smallest absolute Gasteiger partial charge is 0.194 e. The largest absolute Gasteiger partial charge is 0.491 e. The van der Waals surface area contributed by atoms with Gasteiger partial charge in [0.15, 0.2) is 4.96 Å². The average Bonchev–Trinajstić information content (AvgIpc) is 2.99. The topological polar surface area (TPSA) is 52.5 Å². The highest BCUT2D eigenvalue weighted by molar-refractivity contribution is 7.17. The molecular weight excluding hydrogens is 294 g/mol. The van der Waals surface area contributed by atoms with E-state index in [4.69, 9.17) is 10.5 Å². The summed E-state index contributed by atoms with van der Waals surface area (Å²) in [6, 6.07) is 8.27. The summed E-state index contributed by atoms with van der Waals surface area (Å²) in [6.45, 7) is 6.83. The van der Waals surface area contributed by atoms with Gasteiger partial charge in [-0.25, -0.2) is 4.98 Å². The predicted molar refractivity (Wildman–Crippen MR) is 91.8 cm³/mol. The lowest BCUT2D eigenvalue weighted by molar-refractivity contribution is 0.242. The second-order valence-corrected chi connectivity index (χ2v) is 6.79. The number of nitrogens with two attached hydrogens (primary N) is 1. The van der Waals surface area contributed by atoms with Crippen molar-refractivity contribution in [3.8, 4) is 17.0 Å². The van der Waals surface area contributed by atoms with Crippen LogP contribution >= 0.6 is 11.3 Å². The highest BCUT2D eigenvalue weighted by Crippen LogP contribution is 2.33. The minimum Gasteiger partial charge on any atom is -0.491 e. The molecule has 0 aliphatic heterocycles. The first-order chi connectivity index (χ1) is 10.6. The lowest BCUT2D eigenvalue weighted by Gasteiger charge is -2.11. The van der Waals surface area contributed by atoms with Gasteiger partial charge in [0, 0.05) is 17.0 Å². The van der Waals surface area contributed by atoms with Crippen LogP contribution in [0.4, 0.5) is 0 Å². The Morgan fingerprint density at radius 3 is 2.64 bits per heavy atom. The van der Waals surface area contributed by atoms with Crippen molar-refractivity contribution in [1.82, 2.24) is 9.38 Å². The summed E-state index contributed by atoms with van der Waals surface area (Å²) in [5.74, 6) is 0.899. The molecule has 1 aromatic carbocycles. The molecule has 0 spiro atoms. The Labute approximate surface area is 134 Å². The number of fused-ring (bicyclic) bond motifs is 1. The van der Waals surface area contributed by atoms with Crippen molar-refractivity contribution in [2.24, 2.45) is 5.73 Å². The summed E-state index contributed by atoms with van der Waals surface area (Å²) in [4.78, 5) is 6.79. The van der Waals surface area contributed by atoms with Gasteiger partial charge in [-0.05, 0) is 57.1 Å². The lowest BCUT2D eigenvalue weighted by Crippen LogP contribution is -2.06. The molecule has 0 aliphatic rings. The Hall–Kier alpha value is -1.85. The fraction of sp³-hybridized carbons (Fsp3) is 0.353. The van der Waals surface area contributed by atoms with Crippen LogP contribution in [0.1, 0.15) is 24.4 Å². The number of nitrogens with zero attached hydrogens (tertiary/aromatic N) is 2. The van der Waals surface area contributed by atoms with Crippen LogP contribution in [0.25, 0.3) is 16.2 Å². The maximum Gasteiger partial charge on any atom is 0.194 e. The van der Waals surface area contributed by atoms with E-state index in [1.54, 1.807) is 11.3 Å². The standard InChI is InChI=1S/C17H21N3OS/c1-11(2)21-15-6-4-13(5-7-15)16-12(3)22-17-19-10-14(8-9-18)20(16)17/h4-7,10-11H,8-9,18H2,1-3H3. The molecule has 0 atom stereocenters. The van der Waals surface area contributed by atoms with Crippen molar-refractivity contribution < 1.29 is 4.74 Å². The third kappa shape index (κ3) is 2.74. The molecule has 2 aromatic heterocycles. The number of hydrogen-bond acceptors (Lipinski definition) is 4. The number of benzene rings is 1. The van der Waals surface area contributed by atoms with Crippen molar-refractivity contribution in [3.63, 3.8) is 0 Å². The predicted octanol–water partition coefficient (Wildman–Crippen LogP) is 3.66.